The van der Waals surface area contributed by atoms with Crippen LogP contribution in [-0.4, -0.2) is 29.7 Å². The van der Waals surface area contributed by atoms with E-state index in [4.69, 9.17) is 0 Å². The molecule has 122 valence electrons. The minimum absolute atomic E-state index is 0.123. The number of hydrogen-bond donors (Lipinski definition) is 1. The van der Waals surface area contributed by atoms with E-state index in [1.165, 1.54) is 10.7 Å². The highest BCUT2D eigenvalue weighted by atomic mass is 16.3. The van der Waals surface area contributed by atoms with Gasteiger partial charge in [-0.2, -0.15) is 10.2 Å². The highest BCUT2D eigenvalue weighted by molar-refractivity contribution is 5.56. The van der Waals surface area contributed by atoms with Gasteiger partial charge in [-0.05, 0) is 30.3 Å². The van der Waals surface area contributed by atoms with Gasteiger partial charge < -0.3 is 5.11 Å². The van der Waals surface area contributed by atoms with Crippen LogP contribution in [0, 0.1) is 0 Å². The van der Waals surface area contributed by atoms with Crippen LogP contribution in [0.4, 0.5) is 0 Å². The van der Waals surface area contributed by atoms with E-state index in [2.05, 4.69) is 15.2 Å². The summed E-state index contributed by atoms with van der Waals surface area (Å²) in [4.78, 5) is 16.6. The molecule has 1 aromatic carbocycles. The third-order valence-corrected chi connectivity index (χ3v) is 3.65. The maximum absolute atomic E-state index is 12.4. The summed E-state index contributed by atoms with van der Waals surface area (Å²) in [5.74, 6) is 0.717. The minimum Gasteiger partial charge on any atom is -0.508 e. The number of aromatic nitrogens is 5. The summed E-state index contributed by atoms with van der Waals surface area (Å²) >= 11 is 0. The lowest BCUT2D eigenvalue weighted by Crippen LogP contribution is -2.15. The second-order valence-corrected chi connectivity index (χ2v) is 5.31. The average Bonchev–Trinajstić information content (AvgIpc) is 3.12. The van der Waals surface area contributed by atoms with Crippen LogP contribution in [0.2, 0.25) is 0 Å². The fourth-order valence-corrected chi connectivity index (χ4v) is 2.51. The van der Waals surface area contributed by atoms with Gasteiger partial charge in [0.15, 0.2) is 11.5 Å². The Morgan fingerprint density at radius 1 is 0.960 bits per heavy atom. The Morgan fingerprint density at radius 3 is 2.68 bits per heavy atom. The van der Waals surface area contributed by atoms with Crippen molar-refractivity contribution in [1.82, 2.24) is 24.5 Å². The van der Waals surface area contributed by atoms with Gasteiger partial charge in [-0.15, -0.1) is 0 Å². The number of rotatable bonds is 3. The van der Waals surface area contributed by atoms with E-state index in [0.717, 1.165) is 0 Å². The second-order valence-electron chi connectivity index (χ2n) is 5.31. The zero-order chi connectivity index (χ0) is 17.2. The largest absolute Gasteiger partial charge is 0.508 e. The van der Waals surface area contributed by atoms with Gasteiger partial charge in [0.2, 0.25) is 5.43 Å². The van der Waals surface area contributed by atoms with Crippen LogP contribution in [0.3, 0.4) is 0 Å². The summed E-state index contributed by atoms with van der Waals surface area (Å²) in [6, 6.07) is 15.2. The van der Waals surface area contributed by atoms with Gasteiger partial charge in [0.25, 0.3) is 0 Å². The van der Waals surface area contributed by atoms with Crippen LogP contribution in [0.25, 0.3) is 22.9 Å². The minimum atomic E-state index is -0.228. The van der Waals surface area contributed by atoms with Crippen LogP contribution < -0.4 is 5.43 Å². The van der Waals surface area contributed by atoms with Crippen molar-refractivity contribution in [3.05, 3.63) is 83.4 Å². The summed E-state index contributed by atoms with van der Waals surface area (Å²) in [7, 11) is 0. The molecule has 0 radical (unpaired) electrons. The monoisotopic (exact) mass is 331 g/mol. The zero-order valence-electron chi connectivity index (χ0n) is 13.0. The van der Waals surface area contributed by atoms with Crippen molar-refractivity contribution in [2.75, 3.05) is 0 Å². The molecular formula is C18H13N5O2. The molecule has 7 nitrogen and oxygen atoms in total. The van der Waals surface area contributed by atoms with E-state index in [-0.39, 0.29) is 16.9 Å². The normalized spacial score (nSPS) is 10.7. The fourth-order valence-electron chi connectivity index (χ4n) is 2.51. The summed E-state index contributed by atoms with van der Waals surface area (Å²) < 4.78 is 3.10. The third-order valence-electron chi connectivity index (χ3n) is 3.65. The van der Waals surface area contributed by atoms with Gasteiger partial charge in [0.05, 0.1) is 11.9 Å². The SMILES string of the molecule is O=c1ccn(-c2cccc(O)c2)nc1-c1ccnn1-c1ccccn1. The smallest absolute Gasteiger partial charge is 0.209 e. The van der Waals surface area contributed by atoms with E-state index < -0.39 is 0 Å². The third kappa shape index (κ3) is 2.78. The molecule has 0 atom stereocenters. The number of phenolic OH excluding ortho intramolecular Hbond substituents is 1. The Hall–Kier alpha value is -3.74. The molecule has 0 saturated heterocycles. The Kier molecular flexibility index (Phi) is 3.59. The van der Waals surface area contributed by atoms with Gasteiger partial charge in [0, 0.05) is 24.5 Å². The lowest BCUT2D eigenvalue weighted by molar-refractivity contribution is 0.475. The van der Waals surface area contributed by atoms with Crippen LogP contribution in [0.15, 0.2) is 78.0 Å². The lowest BCUT2D eigenvalue weighted by atomic mass is 10.2. The van der Waals surface area contributed by atoms with Crippen molar-refractivity contribution < 1.29 is 5.11 Å². The van der Waals surface area contributed by atoms with E-state index in [0.29, 0.717) is 17.2 Å². The maximum atomic E-state index is 12.4. The average molecular weight is 331 g/mol. The van der Waals surface area contributed by atoms with E-state index in [9.17, 15) is 9.90 Å². The van der Waals surface area contributed by atoms with E-state index >= 15 is 0 Å². The molecule has 0 aliphatic carbocycles. The Balaban J connectivity index is 1.86. The molecule has 0 aliphatic rings. The first-order valence-corrected chi connectivity index (χ1v) is 7.57. The molecule has 3 aromatic heterocycles. The van der Waals surface area contributed by atoms with Gasteiger partial charge in [-0.1, -0.05) is 12.1 Å². The van der Waals surface area contributed by atoms with E-state index in [1.54, 1.807) is 59.7 Å². The standard InChI is InChI=1S/C18H13N5O2/c24-14-5-3-4-13(12-14)22-11-8-16(25)18(21-22)15-7-10-20-23(15)17-6-1-2-9-19-17/h1-12,24H. The van der Waals surface area contributed by atoms with Gasteiger partial charge in [0.1, 0.15) is 11.4 Å². The molecule has 25 heavy (non-hydrogen) atoms. The molecule has 0 fully saturated rings. The first kappa shape index (κ1) is 14.8. The van der Waals surface area contributed by atoms with Crippen LogP contribution in [0.1, 0.15) is 0 Å². The number of nitrogens with zero attached hydrogens (tertiary/aromatic N) is 5. The number of aromatic hydroxyl groups is 1. The van der Waals surface area contributed by atoms with Crippen molar-refractivity contribution in [2.24, 2.45) is 0 Å². The van der Waals surface area contributed by atoms with Gasteiger partial charge in [-0.3, -0.25) is 4.79 Å². The molecule has 0 bridgehead atoms. The van der Waals surface area contributed by atoms with Crippen molar-refractivity contribution in [3.8, 4) is 28.6 Å². The van der Waals surface area contributed by atoms with Gasteiger partial charge >= 0.3 is 0 Å². The first-order chi connectivity index (χ1) is 12.2. The van der Waals surface area contributed by atoms with E-state index in [1.807, 2.05) is 12.1 Å². The van der Waals surface area contributed by atoms with Crippen molar-refractivity contribution in [2.45, 2.75) is 0 Å². The number of pyridine rings is 1. The van der Waals surface area contributed by atoms with Crippen molar-refractivity contribution in [3.63, 3.8) is 0 Å². The summed E-state index contributed by atoms with van der Waals surface area (Å²) in [5.41, 5.74) is 1.20. The number of hydrogen-bond acceptors (Lipinski definition) is 5. The highest BCUT2D eigenvalue weighted by Gasteiger charge is 2.14. The zero-order valence-corrected chi connectivity index (χ0v) is 13.0. The lowest BCUT2D eigenvalue weighted by Gasteiger charge is -2.09. The topological polar surface area (TPSA) is 85.8 Å². The Morgan fingerprint density at radius 2 is 1.88 bits per heavy atom. The fraction of sp³-hybridized carbons (Fsp3) is 0. The molecule has 4 rings (SSSR count). The molecule has 4 aromatic rings. The van der Waals surface area contributed by atoms with Crippen LogP contribution >= 0.6 is 0 Å². The molecular weight excluding hydrogens is 318 g/mol. The predicted octanol–water partition coefficient (Wildman–Crippen LogP) is 2.19. The number of phenols is 1. The molecule has 0 unspecified atom stereocenters. The predicted molar refractivity (Wildman–Crippen MR) is 91.9 cm³/mol. The molecule has 0 aliphatic heterocycles. The molecule has 1 N–H and O–H groups in total. The summed E-state index contributed by atoms with van der Waals surface area (Å²) in [6.45, 7) is 0. The second kappa shape index (κ2) is 6.04. The number of benzene rings is 1. The molecule has 0 saturated carbocycles. The summed E-state index contributed by atoms with van der Waals surface area (Å²) in [5, 5.41) is 18.3. The molecule has 0 amide bonds. The van der Waals surface area contributed by atoms with Crippen molar-refractivity contribution in [1.29, 1.82) is 0 Å². The molecule has 7 heteroatoms. The highest BCUT2D eigenvalue weighted by Crippen LogP contribution is 2.18. The van der Waals surface area contributed by atoms with Crippen LogP contribution in [0.5, 0.6) is 5.75 Å². The quantitative estimate of drug-likeness (QED) is 0.622. The summed E-state index contributed by atoms with van der Waals surface area (Å²) in [6.07, 6.45) is 4.81. The Labute approximate surface area is 142 Å². The molecule has 0 spiro atoms. The molecule has 3 heterocycles. The van der Waals surface area contributed by atoms with Crippen molar-refractivity contribution >= 4 is 0 Å². The Bertz CT molecular complexity index is 1090. The maximum Gasteiger partial charge on any atom is 0.209 e. The van der Waals surface area contributed by atoms with Gasteiger partial charge in [-0.25, -0.2) is 14.3 Å². The first-order valence-electron chi connectivity index (χ1n) is 7.57. The van der Waals surface area contributed by atoms with Crippen LogP contribution in [-0.2, 0) is 0 Å².